The molecular formula is C21H21NO4. The molecule has 0 N–H and O–H groups in total. The molecule has 2 heterocycles. The molecule has 0 unspecified atom stereocenters. The van der Waals surface area contributed by atoms with Crippen LogP contribution in [0.4, 0.5) is 4.79 Å². The van der Waals surface area contributed by atoms with Crippen molar-refractivity contribution in [1.82, 2.24) is 4.90 Å². The standard InChI is InChI=1S/C21H21NO4/c1-14(23)26-20-17-12-18(20)22(19(17)16-10-6-3-7-11-16)21(24)25-13-15-8-4-2-5-9-15/h2-11,17-20H,12-13H2,1H3/t17-,18-,19+,20-/m1/s1. The van der Waals surface area contributed by atoms with Gasteiger partial charge in [-0.3, -0.25) is 9.69 Å². The molecule has 2 aromatic rings. The quantitative estimate of drug-likeness (QED) is 0.788. The van der Waals surface area contributed by atoms with Gasteiger partial charge in [-0.25, -0.2) is 4.79 Å². The number of esters is 1. The Labute approximate surface area is 152 Å². The SMILES string of the molecule is CC(=O)O[C@@H]1[C@@H]2C[C@H]1N(C(=O)OCc1ccccc1)[C@H]2c1ccccc1. The summed E-state index contributed by atoms with van der Waals surface area (Å²) in [4.78, 5) is 26.0. The lowest BCUT2D eigenvalue weighted by Crippen LogP contribution is -2.47. The number of hydrogen-bond acceptors (Lipinski definition) is 4. The molecule has 2 aliphatic heterocycles. The number of carbonyl (C=O) groups excluding carboxylic acids is 2. The van der Waals surface area contributed by atoms with Gasteiger partial charge >= 0.3 is 12.1 Å². The van der Waals surface area contributed by atoms with Gasteiger partial charge in [0.25, 0.3) is 0 Å². The van der Waals surface area contributed by atoms with Gasteiger partial charge < -0.3 is 9.47 Å². The second-order valence-corrected chi connectivity index (χ2v) is 6.84. The highest BCUT2D eigenvalue weighted by Crippen LogP contribution is 2.55. The lowest BCUT2D eigenvalue weighted by Gasteiger charge is -2.34. The van der Waals surface area contributed by atoms with Crippen LogP contribution in [0.1, 0.15) is 30.5 Å². The number of hydrogen-bond donors (Lipinski definition) is 0. The van der Waals surface area contributed by atoms with E-state index in [-0.39, 0.29) is 42.8 Å². The van der Waals surface area contributed by atoms with E-state index in [1.807, 2.05) is 60.7 Å². The van der Waals surface area contributed by atoms with E-state index in [2.05, 4.69) is 0 Å². The summed E-state index contributed by atoms with van der Waals surface area (Å²) >= 11 is 0. The Balaban J connectivity index is 1.54. The number of benzene rings is 2. The predicted octanol–water partition coefficient (Wildman–Crippen LogP) is 3.70. The Hall–Kier alpha value is -2.82. The van der Waals surface area contributed by atoms with Crippen LogP contribution in [0.2, 0.25) is 0 Å². The van der Waals surface area contributed by atoms with Crippen LogP contribution in [0.15, 0.2) is 60.7 Å². The summed E-state index contributed by atoms with van der Waals surface area (Å²) in [6, 6.07) is 19.3. The van der Waals surface area contributed by atoms with Crippen LogP contribution in [-0.2, 0) is 20.9 Å². The highest BCUT2D eigenvalue weighted by atomic mass is 16.6. The van der Waals surface area contributed by atoms with Crippen molar-refractivity contribution in [1.29, 1.82) is 0 Å². The maximum atomic E-state index is 12.8. The Morgan fingerprint density at radius 3 is 2.35 bits per heavy atom. The summed E-state index contributed by atoms with van der Waals surface area (Å²) in [5.41, 5.74) is 1.99. The van der Waals surface area contributed by atoms with Crippen molar-refractivity contribution in [2.24, 2.45) is 5.92 Å². The number of amides is 1. The van der Waals surface area contributed by atoms with E-state index in [0.29, 0.717) is 0 Å². The number of rotatable bonds is 4. The predicted molar refractivity (Wildman–Crippen MR) is 95.1 cm³/mol. The molecule has 1 amide bonds. The smallest absolute Gasteiger partial charge is 0.411 e. The van der Waals surface area contributed by atoms with Crippen molar-refractivity contribution in [2.45, 2.75) is 38.1 Å². The third-order valence-electron chi connectivity index (χ3n) is 5.24. The zero-order valence-corrected chi connectivity index (χ0v) is 14.6. The van der Waals surface area contributed by atoms with Crippen LogP contribution < -0.4 is 0 Å². The minimum atomic E-state index is -0.357. The highest BCUT2D eigenvalue weighted by molar-refractivity contribution is 5.71. The van der Waals surface area contributed by atoms with E-state index < -0.39 is 0 Å². The van der Waals surface area contributed by atoms with Gasteiger partial charge in [0.1, 0.15) is 12.7 Å². The van der Waals surface area contributed by atoms with Gasteiger partial charge in [0, 0.05) is 12.8 Å². The molecular weight excluding hydrogens is 330 g/mol. The summed E-state index contributed by atoms with van der Waals surface area (Å²) in [6.07, 6.45) is 0.227. The first kappa shape index (κ1) is 16.6. The lowest BCUT2D eigenvalue weighted by molar-refractivity contribution is -0.154. The normalized spacial score (nSPS) is 26.1. The van der Waals surface area contributed by atoms with E-state index in [0.717, 1.165) is 17.5 Å². The van der Waals surface area contributed by atoms with Gasteiger partial charge in [-0.1, -0.05) is 60.7 Å². The number of carbonyl (C=O) groups is 2. The van der Waals surface area contributed by atoms with Crippen molar-refractivity contribution in [3.8, 4) is 0 Å². The van der Waals surface area contributed by atoms with Crippen LogP contribution in [0.5, 0.6) is 0 Å². The zero-order valence-electron chi connectivity index (χ0n) is 14.6. The van der Waals surface area contributed by atoms with Gasteiger partial charge in [-0.2, -0.15) is 0 Å². The van der Waals surface area contributed by atoms with E-state index >= 15 is 0 Å². The van der Waals surface area contributed by atoms with E-state index in [9.17, 15) is 9.59 Å². The van der Waals surface area contributed by atoms with Crippen LogP contribution in [0, 0.1) is 5.92 Å². The second-order valence-electron chi connectivity index (χ2n) is 6.84. The zero-order chi connectivity index (χ0) is 18.1. The highest BCUT2D eigenvalue weighted by Gasteiger charge is 2.62. The lowest BCUT2D eigenvalue weighted by atomic mass is 9.78. The Bertz CT molecular complexity index is 792. The molecule has 2 aromatic carbocycles. The number of nitrogens with zero attached hydrogens (tertiary/aromatic N) is 1. The molecule has 5 rings (SSSR count). The van der Waals surface area contributed by atoms with Crippen LogP contribution in [0.3, 0.4) is 0 Å². The third kappa shape index (κ3) is 2.94. The molecule has 2 bridgehead atoms. The Kier molecular flexibility index (Phi) is 4.37. The van der Waals surface area contributed by atoms with Gasteiger partial charge in [-0.15, -0.1) is 0 Å². The van der Waals surface area contributed by atoms with Crippen molar-refractivity contribution in [2.75, 3.05) is 0 Å². The van der Waals surface area contributed by atoms with Crippen molar-refractivity contribution in [3.63, 3.8) is 0 Å². The molecule has 2 saturated heterocycles. The Morgan fingerprint density at radius 1 is 1.04 bits per heavy atom. The minimum absolute atomic E-state index is 0.114. The molecule has 1 aliphatic carbocycles. The second kappa shape index (κ2) is 6.83. The van der Waals surface area contributed by atoms with Crippen molar-refractivity contribution < 1.29 is 19.1 Å². The summed E-state index contributed by atoms with van der Waals surface area (Å²) < 4.78 is 11.0. The topological polar surface area (TPSA) is 55.8 Å². The van der Waals surface area contributed by atoms with Crippen LogP contribution in [-0.4, -0.2) is 29.1 Å². The average Bonchev–Trinajstić information content (AvgIpc) is 3.20. The van der Waals surface area contributed by atoms with Gasteiger partial charge in [-0.05, 0) is 17.5 Å². The van der Waals surface area contributed by atoms with E-state index in [4.69, 9.17) is 9.47 Å². The van der Waals surface area contributed by atoms with E-state index in [1.54, 1.807) is 4.90 Å². The minimum Gasteiger partial charge on any atom is -0.460 e. The molecule has 0 spiro atoms. The molecule has 0 aromatic heterocycles. The molecule has 134 valence electrons. The molecule has 4 atom stereocenters. The van der Waals surface area contributed by atoms with Gasteiger partial charge in [0.15, 0.2) is 0 Å². The van der Waals surface area contributed by atoms with Crippen molar-refractivity contribution in [3.05, 3.63) is 71.8 Å². The molecule has 5 heteroatoms. The average molecular weight is 351 g/mol. The van der Waals surface area contributed by atoms with Crippen LogP contribution in [0.25, 0.3) is 0 Å². The van der Waals surface area contributed by atoms with Crippen LogP contribution >= 0.6 is 0 Å². The summed E-state index contributed by atoms with van der Waals surface area (Å²) in [6.45, 7) is 1.64. The fourth-order valence-electron chi connectivity index (χ4n) is 4.09. The molecule has 26 heavy (non-hydrogen) atoms. The maximum Gasteiger partial charge on any atom is 0.411 e. The fraction of sp³-hybridized carbons (Fsp3) is 0.333. The number of ether oxygens (including phenoxy) is 2. The fourth-order valence-corrected chi connectivity index (χ4v) is 4.09. The van der Waals surface area contributed by atoms with Gasteiger partial charge in [0.2, 0.25) is 0 Å². The molecule has 3 aliphatic rings. The molecule has 5 nitrogen and oxygen atoms in total. The molecule has 0 radical (unpaired) electrons. The van der Waals surface area contributed by atoms with Gasteiger partial charge in [0.05, 0.1) is 12.1 Å². The summed E-state index contributed by atoms with van der Waals surface area (Å²) in [5, 5.41) is 0. The summed E-state index contributed by atoms with van der Waals surface area (Å²) in [7, 11) is 0. The maximum absolute atomic E-state index is 12.8. The first-order valence-corrected chi connectivity index (χ1v) is 8.86. The first-order valence-electron chi connectivity index (χ1n) is 8.86. The summed E-state index contributed by atoms with van der Waals surface area (Å²) in [5.74, 6) is -0.188. The van der Waals surface area contributed by atoms with Crippen molar-refractivity contribution >= 4 is 12.1 Å². The molecule has 3 fully saturated rings. The van der Waals surface area contributed by atoms with E-state index in [1.165, 1.54) is 6.92 Å². The molecule has 1 saturated carbocycles. The monoisotopic (exact) mass is 351 g/mol. The third-order valence-corrected chi connectivity index (χ3v) is 5.24. The Morgan fingerprint density at radius 2 is 1.69 bits per heavy atom. The first-order chi connectivity index (χ1) is 12.6. The number of fused-ring (bicyclic) bond motifs is 1. The largest absolute Gasteiger partial charge is 0.460 e.